The SMILES string of the molecule is CC(C)(C(=N)N1CCCC1)c1ccccc1. The van der Waals surface area contributed by atoms with Gasteiger partial charge in [-0.2, -0.15) is 0 Å². The lowest BCUT2D eigenvalue weighted by Gasteiger charge is -2.32. The van der Waals surface area contributed by atoms with Gasteiger partial charge in [-0.05, 0) is 32.3 Å². The molecule has 0 spiro atoms. The van der Waals surface area contributed by atoms with Gasteiger partial charge < -0.3 is 4.90 Å². The predicted octanol–water partition coefficient (Wildman–Crippen LogP) is 3.04. The van der Waals surface area contributed by atoms with Crippen LogP contribution >= 0.6 is 0 Å². The summed E-state index contributed by atoms with van der Waals surface area (Å²) in [6, 6.07) is 10.4. The van der Waals surface area contributed by atoms with E-state index in [4.69, 9.17) is 5.41 Å². The summed E-state index contributed by atoms with van der Waals surface area (Å²) in [5.41, 5.74) is 1.05. The maximum Gasteiger partial charge on any atom is 0.106 e. The summed E-state index contributed by atoms with van der Waals surface area (Å²) in [5.74, 6) is 0.760. The average molecular weight is 216 g/mol. The van der Waals surface area contributed by atoms with Crippen molar-refractivity contribution >= 4 is 5.84 Å². The summed E-state index contributed by atoms with van der Waals surface area (Å²) >= 11 is 0. The zero-order valence-corrected chi connectivity index (χ0v) is 10.2. The van der Waals surface area contributed by atoms with Crippen LogP contribution in [0.4, 0.5) is 0 Å². The Kier molecular flexibility index (Phi) is 2.99. The second-order valence-electron chi connectivity index (χ2n) is 5.03. The standard InChI is InChI=1S/C14H20N2/c1-14(2,12-8-4-3-5-9-12)13(15)16-10-6-7-11-16/h3-5,8-9,15H,6-7,10-11H2,1-2H3. The smallest absolute Gasteiger partial charge is 0.106 e. The lowest BCUT2D eigenvalue weighted by atomic mass is 9.83. The van der Waals surface area contributed by atoms with Gasteiger partial charge >= 0.3 is 0 Å². The van der Waals surface area contributed by atoms with Gasteiger partial charge in [0.1, 0.15) is 5.84 Å². The van der Waals surface area contributed by atoms with Gasteiger partial charge in [-0.1, -0.05) is 30.3 Å². The second-order valence-corrected chi connectivity index (χ2v) is 5.03. The van der Waals surface area contributed by atoms with Crippen LogP contribution in [0, 0.1) is 5.41 Å². The number of hydrogen-bond donors (Lipinski definition) is 1. The van der Waals surface area contributed by atoms with E-state index in [9.17, 15) is 0 Å². The molecule has 1 saturated heterocycles. The molecule has 0 radical (unpaired) electrons. The molecule has 0 aromatic heterocycles. The zero-order chi connectivity index (χ0) is 11.6. The largest absolute Gasteiger partial charge is 0.360 e. The van der Waals surface area contributed by atoms with E-state index in [2.05, 4.69) is 30.9 Å². The van der Waals surface area contributed by atoms with Crippen molar-refractivity contribution < 1.29 is 0 Å². The molecule has 86 valence electrons. The minimum Gasteiger partial charge on any atom is -0.360 e. The lowest BCUT2D eigenvalue weighted by Crippen LogP contribution is -2.41. The van der Waals surface area contributed by atoms with Crippen LogP contribution in [0.25, 0.3) is 0 Å². The van der Waals surface area contributed by atoms with Crippen LogP contribution in [-0.2, 0) is 5.41 Å². The van der Waals surface area contributed by atoms with Gasteiger partial charge in [0.05, 0.1) is 0 Å². The van der Waals surface area contributed by atoms with Crippen molar-refractivity contribution in [2.75, 3.05) is 13.1 Å². The molecule has 16 heavy (non-hydrogen) atoms. The third kappa shape index (κ3) is 1.97. The van der Waals surface area contributed by atoms with Gasteiger partial charge in [0.15, 0.2) is 0 Å². The topological polar surface area (TPSA) is 27.1 Å². The number of likely N-dealkylation sites (tertiary alicyclic amines) is 1. The number of hydrogen-bond acceptors (Lipinski definition) is 1. The molecule has 0 aliphatic carbocycles. The fourth-order valence-electron chi connectivity index (χ4n) is 2.33. The molecular weight excluding hydrogens is 196 g/mol. The normalized spacial score (nSPS) is 16.5. The predicted molar refractivity (Wildman–Crippen MR) is 68.0 cm³/mol. The quantitative estimate of drug-likeness (QED) is 0.597. The van der Waals surface area contributed by atoms with E-state index in [0.717, 1.165) is 18.9 Å². The molecule has 1 aromatic rings. The first-order valence-corrected chi connectivity index (χ1v) is 6.02. The van der Waals surface area contributed by atoms with Crippen molar-refractivity contribution in [3.8, 4) is 0 Å². The van der Waals surface area contributed by atoms with E-state index < -0.39 is 0 Å². The van der Waals surface area contributed by atoms with Crippen LogP contribution in [0.3, 0.4) is 0 Å². The van der Waals surface area contributed by atoms with E-state index in [-0.39, 0.29) is 5.41 Å². The highest BCUT2D eigenvalue weighted by Gasteiger charge is 2.31. The van der Waals surface area contributed by atoms with Gasteiger partial charge in [0.25, 0.3) is 0 Å². The summed E-state index contributed by atoms with van der Waals surface area (Å²) in [4.78, 5) is 2.22. The Morgan fingerprint density at radius 2 is 1.69 bits per heavy atom. The minimum atomic E-state index is -0.175. The van der Waals surface area contributed by atoms with Crippen LogP contribution < -0.4 is 0 Å². The fourth-order valence-corrected chi connectivity index (χ4v) is 2.33. The molecule has 1 heterocycles. The molecule has 0 bridgehead atoms. The molecule has 0 amide bonds. The van der Waals surface area contributed by atoms with E-state index >= 15 is 0 Å². The Hall–Kier alpha value is -1.31. The van der Waals surface area contributed by atoms with Crippen molar-refractivity contribution in [3.63, 3.8) is 0 Å². The van der Waals surface area contributed by atoms with E-state index in [1.165, 1.54) is 18.4 Å². The lowest BCUT2D eigenvalue weighted by molar-refractivity contribution is 0.464. The molecule has 0 atom stereocenters. The average Bonchev–Trinajstić information content (AvgIpc) is 2.82. The molecule has 1 aromatic carbocycles. The van der Waals surface area contributed by atoms with Crippen LogP contribution in [0.15, 0.2) is 30.3 Å². The van der Waals surface area contributed by atoms with Crippen molar-refractivity contribution in [2.45, 2.75) is 32.1 Å². The van der Waals surface area contributed by atoms with Crippen molar-refractivity contribution in [3.05, 3.63) is 35.9 Å². The molecule has 2 heteroatoms. The number of nitrogens with one attached hydrogen (secondary N) is 1. The van der Waals surface area contributed by atoms with Crippen LogP contribution in [0.5, 0.6) is 0 Å². The maximum absolute atomic E-state index is 8.35. The second kappa shape index (κ2) is 4.28. The Morgan fingerprint density at radius 1 is 1.12 bits per heavy atom. The molecule has 0 unspecified atom stereocenters. The third-order valence-corrected chi connectivity index (χ3v) is 3.51. The van der Waals surface area contributed by atoms with Crippen LogP contribution in [0.1, 0.15) is 32.3 Å². The van der Waals surface area contributed by atoms with E-state index in [1.54, 1.807) is 0 Å². The number of benzene rings is 1. The summed E-state index contributed by atoms with van der Waals surface area (Å²) in [6.07, 6.45) is 2.46. The summed E-state index contributed by atoms with van der Waals surface area (Å²) < 4.78 is 0. The van der Waals surface area contributed by atoms with E-state index in [1.807, 2.05) is 18.2 Å². The Labute approximate surface area is 97.8 Å². The Morgan fingerprint density at radius 3 is 2.25 bits per heavy atom. The Balaban J connectivity index is 2.21. The molecule has 1 N–H and O–H groups in total. The van der Waals surface area contributed by atoms with Crippen LogP contribution in [0.2, 0.25) is 0 Å². The summed E-state index contributed by atoms with van der Waals surface area (Å²) in [7, 11) is 0. The van der Waals surface area contributed by atoms with Crippen molar-refractivity contribution in [1.29, 1.82) is 5.41 Å². The molecule has 1 aliphatic heterocycles. The van der Waals surface area contributed by atoms with Crippen LogP contribution in [-0.4, -0.2) is 23.8 Å². The highest BCUT2D eigenvalue weighted by atomic mass is 15.2. The molecule has 1 fully saturated rings. The first-order chi connectivity index (χ1) is 7.62. The minimum absolute atomic E-state index is 0.175. The van der Waals surface area contributed by atoms with Crippen molar-refractivity contribution in [2.24, 2.45) is 0 Å². The molecule has 2 rings (SSSR count). The maximum atomic E-state index is 8.35. The van der Waals surface area contributed by atoms with Crippen molar-refractivity contribution in [1.82, 2.24) is 4.90 Å². The highest BCUT2D eigenvalue weighted by Crippen LogP contribution is 2.27. The number of nitrogens with zero attached hydrogens (tertiary/aromatic N) is 1. The first-order valence-electron chi connectivity index (χ1n) is 6.02. The highest BCUT2D eigenvalue weighted by molar-refractivity contribution is 5.90. The van der Waals surface area contributed by atoms with Gasteiger partial charge in [-0.15, -0.1) is 0 Å². The first kappa shape index (κ1) is 11.2. The summed E-state index contributed by atoms with van der Waals surface area (Å²) in [6.45, 7) is 6.39. The number of rotatable bonds is 2. The van der Waals surface area contributed by atoms with E-state index in [0.29, 0.717) is 0 Å². The third-order valence-electron chi connectivity index (χ3n) is 3.51. The van der Waals surface area contributed by atoms with Gasteiger partial charge in [-0.25, -0.2) is 0 Å². The molecule has 1 aliphatic rings. The van der Waals surface area contributed by atoms with Gasteiger partial charge in [-0.3, -0.25) is 5.41 Å². The monoisotopic (exact) mass is 216 g/mol. The van der Waals surface area contributed by atoms with Gasteiger partial charge in [0, 0.05) is 18.5 Å². The summed E-state index contributed by atoms with van der Waals surface area (Å²) in [5, 5.41) is 8.35. The zero-order valence-electron chi connectivity index (χ0n) is 10.2. The molecule has 0 saturated carbocycles. The molecular formula is C14H20N2. The molecule has 2 nitrogen and oxygen atoms in total. The Bertz CT molecular complexity index is 362. The number of amidine groups is 1. The fraction of sp³-hybridized carbons (Fsp3) is 0.500. The van der Waals surface area contributed by atoms with Gasteiger partial charge in [0.2, 0.25) is 0 Å².